The lowest BCUT2D eigenvalue weighted by molar-refractivity contribution is 0.194. The standard InChI is InChI=1S/C15H14N6O2/c1-10(22)14-15(19-8-7-18-14)11-3-4-13(21-20-11)23-9-12-16-5-2-6-17-12/h2-8,10,22H,9H2,1H3. The number of aliphatic hydroxyl groups is 1. The molecule has 0 saturated carbocycles. The third-order valence-electron chi connectivity index (χ3n) is 2.97. The van der Waals surface area contributed by atoms with Gasteiger partial charge in [-0.05, 0) is 19.1 Å². The van der Waals surface area contributed by atoms with Gasteiger partial charge in [0.15, 0.2) is 5.82 Å². The average molecular weight is 310 g/mol. The minimum absolute atomic E-state index is 0.207. The predicted molar refractivity (Wildman–Crippen MR) is 80.1 cm³/mol. The Morgan fingerprint density at radius 2 is 1.78 bits per heavy atom. The molecule has 0 aliphatic heterocycles. The molecule has 3 heterocycles. The van der Waals surface area contributed by atoms with Gasteiger partial charge in [-0.2, -0.15) is 0 Å². The Kier molecular flexibility index (Phi) is 4.44. The molecule has 0 amide bonds. The second-order valence-electron chi connectivity index (χ2n) is 4.68. The van der Waals surface area contributed by atoms with Crippen molar-refractivity contribution in [3.05, 3.63) is 54.5 Å². The maximum atomic E-state index is 9.74. The number of hydrogen-bond acceptors (Lipinski definition) is 8. The zero-order chi connectivity index (χ0) is 16.1. The van der Waals surface area contributed by atoms with Crippen molar-refractivity contribution in [3.63, 3.8) is 0 Å². The van der Waals surface area contributed by atoms with E-state index in [1.54, 1.807) is 43.7 Å². The fraction of sp³-hybridized carbons (Fsp3) is 0.200. The first kappa shape index (κ1) is 14.9. The first-order valence-corrected chi connectivity index (χ1v) is 6.96. The third-order valence-corrected chi connectivity index (χ3v) is 2.97. The Hall–Kier alpha value is -3.00. The van der Waals surface area contributed by atoms with Crippen LogP contribution in [0.2, 0.25) is 0 Å². The summed E-state index contributed by atoms with van der Waals surface area (Å²) in [5, 5.41) is 17.8. The molecule has 0 bridgehead atoms. The Morgan fingerprint density at radius 1 is 1.00 bits per heavy atom. The van der Waals surface area contributed by atoms with E-state index in [0.717, 1.165) is 0 Å². The highest BCUT2D eigenvalue weighted by Crippen LogP contribution is 2.22. The van der Waals surface area contributed by atoms with Gasteiger partial charge in [0.2, 0.25) is 5.88 Å². The Labute approximate surface area is 132 Å². The summed E-state index contributed by atoms with van der Waals surface area (Å²) in [7, 11) is 0. The van der Waals surface area contributed by atoms with Gasteiger partial charge in [-0.15, -0.1) is 10.2 Å². The summed E-state index contributed by atoms with van der Waals surface area (Å²) < 4.78 is 5.48. The van der Waals surface area contributed by atoms with Crippen LogP contribution < -0.4 is 4.74 Å². The quantitative estimate of drug-likeness (QED) is 0.752. The number of hydrogen-bond donors (Lipinski definition) is 1. The second kappa shape index (κ2) is 6.84. The van der Waals surface area contributed by atoms with Crippen LogP contribution in [0.15, 0.2) is 43.0 Å². The van der Waals surface area contributed by atoms with Crippen LogP contribution in [0.4, 0.5) is 0 Å². The van der Waals surface area contributed by atoms with Gasteiger partial charge in [-0.3, -0.25) is 9.97 Å². The van der Waals surface area contributed by atoms with Gasteiger partial charge in [0, 0.05) is 30.9 Å². The molecule has 0 radical (unpaired) electrons. The van der Waals surface area contributed by atoms with E-state index in [0.29, 0.717) is 28.8 Å². The van der Waals surface area contributed by atoms with Crippen molar-refractivity contribution in [1.82, 2.24) is 30.1 Å². The first-order chi connectivity index (χ1) is 11.2. The van der Waals surface area contributed by atoms with E-state index in [-0.39, 0.29) is 6.61 Å². The number of ether oxygens (including phenoxy) is 1. The van der Waals surface area contributed by atoms with Crippen molar-refractivity contribution in [3.8, 4) is 17.3 Å². The van der Waals surface area contributed by atoms with Gasteiger partial charge in [0.05, 0.1) is 11.8 Å². The lowest BCUT2D eigenvalue weighted by Crippen LogP contribution is -2.04. The van der Waals surface area contributed by atoms with Crippen LogP contribution in [0, 0.1) is 0 Å². The average Bonchev–Trinajstić information content (AvgIpc) is 2.61. The Bertz CT molecular complexity index is 764. The first-order valence-electron chi connectivity index (χ1n) is 6.96. The lowest BCUT2D eigenvalue weighted by Gasteiger charge is -2.09. The van der Waals surface area contributed by atoms with Crippen molar-refractivity contribution in [2.75, 3.05) is 0 Å². The molecular formula is C15H14N6O2. The van der Waals surface area contributed by atoms with Crippen molar-refractivity contribution in [2.24, 2.45) is 0 Å². The van der Waals surface area contributed by atoms with Crippen LogP contribution >= 0.6 is 0 Å². The summed E-state index contributed by atoms with van der Waals surface area (Å²) in [4.78, 5) is 16.5. The molecule has 0 aliphatic rings. The van der Waals surface area contributed by atoms with Crippen LogP contribution in [0.3, 0.4) is 0 Å². The minimum atomic E-state index is -0.744. The van der Waals surface area contributed by atoms with Crippen molar-refractivity contribution < 1.29 is 9.84 Å². The van der Waals surface area contributed by atoms with Crippen LogP contribution in [-0.2, 0) is 6.61 Å². The Balaban J connectivity index is 1.75. The van der Waals surface area contributed by atoms with E-state index in [4.69, 9.17) is 4.74 Å². The zero-order valence-electron chi connectivity index (χ0n) is 12.4. The number of nitrogens with zero attached hydrogens (tertiary/aromatic N) is 6. The van der Waals surface area contributed by atoms with Crippen LogP contribution in [0.5, 0.6) is 5.88 Å². The highest BCUT2D eigenvalue weighted by Gasteiger charge is 2.14. The summed E-state index contributed by atoms with van der Waals surface area (Å²) in [5.41, 5.74) is 1.46. The van der Waals surface area contributed by atoms with Gasteiger partial charge in [0.1, 0.15) is 18.0 Å². The van der Waals surface area contributed by atoms with Crippen LogP contribution in [0.1, 0.15) is 24.5 Å². The monoisotopic (exact) mass is 310 g/mol. The predicted octanol–water partition coefficient (Wildman–Crippen LogP) is 1.36. The molecular weight excluding hydrogens is 296 g/mol. The van der Waals surface area contributed by atoms with E-state index in [1.165, 1.54) is 6.20 Å². The fourth-order valence-corrected chi connectivity index (χ4v) is 1.92. The van der Waals surface area contributed by atoms with Gasteiger partial charge < -0.3 is 9.84 Å². The number of aliphatic hydroxyl groups excluding tert-OH is 1. The molecule has 8 heteroatoms. The van der Waals surface area contributed by atoms with E-state index < -0.39 is 6.10 Å². The summed E-state index contributed by atoms with van der Waals surface area (Å²) >= 11 is 0. The molecule has 3 aromatic heterocycles. The number of rotatable bonds is 5. The summed E-state index contributed by atoms with van der Waals surface area (Å²) in [6.45, 7) is 1.83. The SMILES string of the molecule is CC(O)c1nccnc1-c1ccc(OCc2ncccn2)nn1. The molecule has 0 fully saturated rings. The zero-order valence-corrected chi connectivity index (χ0v) is 12.4. The molecule has 0 saturated heterocycles. The molecule has 1 N–H and O–H groups in total. The van der Waals surface area contributed by atoms with Crippen LogP contribution in [-0.4, -0.2) is 35.2 Å². The van der Waals surface area contributed by atoms with Gasteiger partial charge in [-0.1, -0.05) is 0 Å². The summed E-state index contributed by atoms with van der Waals surface area (Å²) in [6.07, 6.45) is 5.61. The van der Waals surface area contributed by atoms with Gasteiger partial charge in [0.25, 0.3) is 0 Å². The normalized spacial score (nSPS) is 11.9. The van der Waals surface area contributed by atoms with Gasteiger partial charge in [-0.25, -0.2) is 9.97 Å². The highest BCUT2D eigenvalue weighted by atomic mass is 16.5. The second-order valence-corrected chi connectivity index (χ2v) is 4.68. The van der Waals surface area contributed by atoms with Crippen LogP contribution in [0.25, 0.3) is 11.4 Å². The van der Waals surface area contributed by atoms with E-state index in [1.807, 2.05) is 0 Å². The lowest BCUT2D eigenvalue weighted by atomic mass is 10.1. The largest absolute Gasteiger partial charge is 0.468 e. The topological polar surface area (TPSA) is 107 Å². The minimum Gasteiger partial charge on any atom is -0.468 e. The third kappa shape index (κ3) is 3.61. The van der Waals surface area contributed by atoms with E-state index in [2.05, 4.69) is 30.1 Å². The molecule has 0 aromatic carbocycles. The molecule has 1 atom stereocenters. The summed E-state index contributed by atoms with van der Waals surface area (Å²) in [5.74, 6) is 0.910. The van der Waals surface area contributed by atoms with Crippen molar-refractivity contribution >= 4 is 0 Å². The van der Waals surface area contributed by atoms with E-state index >= 15 is 0 Å². The highest BCUT2D eigenvalue weighted by molar-refractivity contribution is 5.56. The Morgan fingerprint density at radius 3 is 2.48 bits per heavy atom. The molecule has 0 aliphatic carbocycles. The van der Waals surface area contributed by atoms with E-state index in [9.17, 15) is 5.11 Å². The maximum absolute atomic E-state index is 9.74. The number of aromatic nitrogens is 6. The molecule has 0 spiro atoms. The molecule has 1 unspecified atom stereocenters. The van der Waals surface area contributed by atoms with Gasteiger partial charge >= 0.3 is 0 Å². The maximum Gasteiger partial charge on any atom is 0.233 e. The molecule has 116 valence electrons. The summed E-state index contributed by atoms with van der Waals surface area (Å²) in [6, 6.07) is 5.12. The molecule has 3 rings (SSSR count). The fourth-order valence-electron chi connectivity index (χ4n) is 1.92. The molecule has 23 heavy (non-hydrogen) atoms. The molecule has 8 nitrogen and oxygen atoms in total. The molecule has 3 aromatic rings. The smallest absolute Gasteiger partial charge is 0.233 e. The van der Waals surface area contributed by atoms with Crippen molar-refractivity contribution in [2.45, 2.75) is 19.6 Å². The van der Waals surface area contributed by atoms with Crippen molar-refractivity contribution in [1.29, 1.82) is 0 Å².